The predicted octanol–water partition coefficient (Wildman–Crippen LogP) is 1.46. The van der Waals surface area contributed by atoms with Gasteiger partial charge in [-0.1, -0.05) is 0 Å². The third-order valence-electron chi connectivity index (χ3n) is 1.63. The number of benzene rings is 1. The maximum absolute atomic E-state index is 11.3. The molecule has 0 heterocycles. The van der Waals surface area contributed by atoms with Crippen molar-refractivity contribution in [2.24, 2.45) is 0 Å². The van der Waals surface area contributed by atoms with E-state index in [1.54, 1.807) is 31.4 Å². The third kappa shape index (κ3) is 2.74. The Balaban J connectivity index is 2.62. The number of ether oxygens (including phenoxy) is 3. The Labute approximate surface area is 82.4 Å². The van der Waals surface area contributed by atoms with Crippen LogP contribution in [0.15, 0.2) is 24.3 Å². The summed E-state index contributed by atoms with van der Waals surface area (Å²) >= 11 is 0. The molecule has 0 spiro atoms. The van der Waals surface area contributed by atoms with Crippen LogP contribution in [0, 0.1) is 0 Å². The lowest BCUT2D eigenvalue weighted by molar-refractivity contribution is -0.0125. The molecule has 4 nitrogen and oxygen atoms in total. The van der Waals surface area contributed by atoms with E-state index < -0.39 is 5.97 Å². The van der Waals surface area contributed by atoms with Gasteiger partial charge < -0.3 is 14.2 Å². The molecule has 0 bridgehead atoms. The highest BCUT2D eigenvalue weighted by Gasteiger charge is 2.05. The Hall–Kier alpha value is -1.55. The van der Waals surface area contributed by atoms with Gasteiger partial charge in [-0.25, -0.2) is 4.79 Å². The summed E-state index contributed by atoms with van der Waals surface area (Å²) in [6.45, 7) is -0.0368. The molecule has 0 saturated carbocycles. The number of carbonyl (C=O) groups excluding carboxylic acids is 1. The lowest BCUT2D eigenvalue weighted by atomic mass is 10.2. The van der Waals surface area contributed by atoms with Crippen molar-refractivity contribution in [1.82, 2.24) is 0 Å². The van der Waals surface area contributed by atoms with E-state index >= 15 is 0 Å². The Morgan fingerprint density at radius 2 is 1.86 bits per heavy atom. The van der Waals surface area contributed by atoms with Gasteiger partial charge in [-0.2, -0.15) is 0 Å². The monoisotopic (exact) mass is 196 g/mol. The van der Waals surface area contributed by atoms with Crippen LogP contribution < -0.4 is 4.74 Å². The number of esters is 1. The zero-order valence-electron chi connectivity index (χ0n) is 8.15. The quantitative estimate of drug-likeness (QED) is 0.540. The molecule has 0 fully saturated rings. The van der Waals surface area contributed by atoms with Crippen LogP contribution in [0.2, 0.25) is 0 Å². The molecule has 1 aromatic carbocycles. The molecule has 76 valence electrons. The summed E-state index contributed by atoms with van der Waals surface area (Å²) in [5.74, 6) is 0.294. The summed E-state index contributed by atoms with van der Waals surface area (Å²) in [6.07, 6.45) is 0. The Kier molecular flexibility index (Phi) is 3.94. The van der Waals surface area contributed by atoms with Crippen molar-refractivity contribution >= 4 is 5.97 Å². The second-order valence-electron chi connectivity index (χ2n) is 2.57. The van der Waals surface area contributed by atoms with Gasteiger partial charge in [-0.05, 0) is 24.3 Å². The van der Waals surface area contributed by atoms with E-state index in [0.29, 0.717) is 11.3 Å². The Bertz CT molecular complexity index is 291. The number of hydrogen-bond donors (Lipinski definition) is 0. The van der Waals surface area contributed by atoms with Gasteiger partial charge in [0.1, 0.15) is 5.75 Å². The molecule has 0 atom stereocenters. The molecular weight excluding hydrogens is 184 g/mol. The van der Waals surface area contributed by atoms with Crippen LogP contribution in [0.1, 0.15) is 10.4 Å². The second kappa shape index (κ2) is 5.24. The molecule has 4 heteroatoms. The minimum Gasteiger partial charge on any atom is -0.497 e. The SMILES string of the molecule is COCOC(=O)c1ccc(OC)cc1. The van der Waals surface area contributed by atoms with Gasteiger partial charge in [0.05, 0.1) is 12.7 Å². The number of rotatable bonds is 4. The molecule has 0 N–H and O–H groups in total. The molecule has 0 amide bonds. The van der Waals surface area contributed by atoms with Crippen LogP contribution in [0.3, 0.4) is 0 Å². The van der Waals surface area contributed by atoms with Crippen LogP contribution in [0.25, 0.3) is 0 Å². The highest BCUT2D eigenvalue weighted by molar-refractivity contribution is 5.89. The molecule has 0 aliphatic heterocycles. The summed E-state index contributed by atoms with van der Waals surface area (Å²) in [5.41, 5.74) is 0.475. The molecule has 0 aliphatic rings. The van der Waals surface area contributed by atoms with Gasteiger partial charge in [0, 0.05) is 7.11 Å². The van der Waals surface area contributed by atoms with Crippen LogP contribution in [-0.2, 0) is 9.47 Å². The van der Waals surface area contributed by atoms with E-state index in [4.69, 9.17) is 9.47 Å². The van der Waals surface area contributed by atoms with E-state index in [1.165, 1.54) is 7.11 Å². The van der Waals surface area contributed by atoms with Crippen molar-refractivity contribution in [3.8, 4) is 5.75 Å². The smallest absolute Gasteiger partial charge is 0.340 e. The number of hydrogen-bond acceptors (Lipinski definition) is 4. The van der Waals surface area contributed by atoms with E-state index in [1.807, 2.05) is 0 Å². The predicted molar refractivity (Wildman–Crippen MR) is 50.3 cm³/mol. The van der Waals surface area contributed by atoms with E-state index in [-0.39, 0.29) is 6.79 Å². The van der Waals surface area contributed by atoms with Crippen molar-refractivity contribution in [3.63, 3.8) is 0 Å². The maximum Gasteiger partial charge on any atom is 0.340 e. The molecule has 0 saturated heterocycles. The topological polar surface area (TPSA) is 44.8 Å². The van der Waals surface area contributed by atoms with E-state index in [2.05, 4.69) is 4.74 Å². The number of carbonyl (C=O) groups is 1. The van der Waals surface area contributed by atoms with Crippen LogP contribution >= 0.6 is 0 Å². The molecule has 1 aromatic rings. The van der Waals surface area contributed by atoms with Gasteiger partial charge >= 0.3 is 5.97 Å². The fourth-order valence-corrected chi connectivity index (χ4v) is 0.923. The van der Waals surface area contributed by atoms with Crippen molar-refractivity contribution < 1.29 is 19.0 Å². The highest BCUT2D eigenvalue weighted by atomic mass is 16.7. The first-order valence-corrected chi connectivity index (χ1v) is 4.08. The third-order valence-corrected chi connectivity index (χ3v) is 1.63. The molecule has 0 unspecified atom stereocenters. The first-order chi connectivity index (χ1) is 6.77. The van der Waals surface area contributed by atoms with Gasteiger partial charge in [-0.3, -0.25) is 0 Å². The fraction of sp³-hybridized carbons (Fsp3) is 0.300. The zero-order valence-corrected chi connectivity index (χ0v) is 8.15. The highest BCUT2D eigenvalue weighted by Crippen LogP contribution is 2.11. The minimum atomic E-state index is -0.408. The fourth-order valence-electron chi connectivity index (χ4n) is 0.923. The molecule has 1 rings (SSSR count). The number of methoxy groups -OCH3 is 2. The lowest BCUT2D eigenvalue weighted by Gasteiger charge is -2.03. The van der Waals surface area contributed by atoms with Crippen LogP contribution in [0.5, 0.6) is 5.75 Å². The zero-order chi connectivity index (χ0) is 10.4. The summed E-state index contributed by atoms with van der Waals surface area (Å²) in [4.78, 5) is 11.3. The lowest BCUT2D eigenvalue weighted by Crippen LogP contribution is -2.07. The van der Waals surface area contributed by atoms with Crippen LogP contribution in [0.4, 0.5) is 0 Å². The van der Waals surface area contributed by atoms with Crippen molar-refractivity contribution in [2.45, 2.75) is 0 Å². The van der Waals surface area contributed by atoms with Crippen molar-refractivity contribution in [1.29, 1.82) is 0 Å². The molecule has 0 aliphatic carbocycles. The Morgan fingerprint density at radius 3 is 2.36 bits per heavy atom. The molecular formula is C10H12O4. The van der Waals surface area contributed by atoms with Gasteiger partial charge in [0.15, 0.2) is 6.79 Å². The maximum atomic E-state index is 11.3. The normalized spacial score (nSPS) is 9.57. The largest absolute Gasteiger partial charge is 0.497 e. The van der Waals surface area contributed by atoms with Crippen molar-refractivity contribution in [2.75, 3.05) is 21.0 Å². The first kappa shape index (κ1) is 10.5. The molecule has 0 radical (unpaired) electrons. The van der Waals surface area contributed by atoms with Crippen molar-refractivity contribution in [3.05, 3.63) is 29.8 Å². The summed E-state index contributed by atoms with van der Waals surface area (Å²) in [6, 6.07) is 6.67. The van der Waals surface area contributed by atoms with E-state index in [0.717, 1.165) is 0 Å². The standard InChI is InChI=1S/C10H12O4/c1-12-7-14-10(11)8-3-5-9(13-2)6-4-8/h3-6H,7H2,1-2H3. The Morgan fingerprint density at radius 1 is 1.21 bits per heavy atom. The summed E-state index contributed by atoms with van der Waals surface area (Å²) < 4.78 is 14.3. The van der Waals surface area contributed by atoms with Gasteiger partial charge in [0.25, 0.3) is 0 Å². The van der Waals surface area contributed by atoms with Crippen LogP contribution in [-0.4, -0.2) is 27.0 Å². The summed E-state index contributed by atoms with van der Waals surface area (Å²) in [7, 11) is 3.03. The average Bonchev–Trinajstić information content (AvgIpc) is 2.26. The average molecular weight is 196 g/mol. The van der Waals surface area contributed by atoms with Gasteiger partial charge in [-0.15, -0.1) is 0 Å². The minimum absolute atomic E-state index is 0.0368. The van der Waals surface area contributed by atoms with E-state index in [9.17, 15) is 4.79 Å². The van der Waals surface area contributed by atoms with Gasteiger partial charge in [0.2, 0.25) is 0 Å². The molecule has 14 heavy (non-hydrogen) atoms. The molecule has 0 aromatic heterocycles. The second-order valence-corrected chi connectivity index (χ2v) is 2.57. The first-order valence-electron chi connectivity index (χ1n) is 4.08. The summed E-state index contributed by atoms with van der Waals surface area (Å²) in [5, 5.41) is 0.